The third-order valence-corrected chi connectivity index (χ3v) is 5.61. The van der Waals surface area contributed by atoms with Gasteiger partial charge >= 0.3 is 0 Å². The van der Waals surface area contributed by atoms with Crippen LogP contribution < -0.4 is 4.90 Å². The van der Waals surface area contributed by atoms with E-state index < -0.39 is 17.7 Å². The van der Waals surface area contributed by atoms with Crippen LogP contribution in [0.15, 0.2) is 72.6 Å². The number of aromatic hydroxyl groups is 1. The van der Waals surface area contributed by atoms with E-state index in [2.05, 4.69) is 4.98 Å². The summed E-state index contributed by atoms with van der Waals surface area (Å²) in [6.07, 6.45) is 3.81. The molecule has 2 aromatic carbocycles. The summed E-state index contributed by atoms with van der Waals surface area (Å²) in [6, 6.07) is 14.0. The molecule has 1 amide bonds. The van der Waals surface area contributed by atoms with E-state index in [9.17, 15) is 19.8 Å². The zero-order valence-corrected chi connectivity index (χ0v) is 17.4. The maximum atomic E-state index is 13.1. The first-order chi connectivity index (χ1) is 14.9. The molecule has 156 valence electrons. The Morgan fingerprint density at radius 3 is 2.35 bits per heavy atom. The number of aliphatic hydroxyl groups excluding tert-OH is 1. The van der Waals surface area contributed by atoms with Crippen LogP contribution in [0.1, 0.15) is 29.7 Å². The topological polar surface area (TPSA) is 90.7 Å². The largest absolute Gasteiger partial charge is 0.507 e. The Hall–Kier alpha value is -3.64. The predicted octanol–water partition coefficient (Wildman–Crippen LogP) is 4.63. The third kappa shape index (κ3) is 3.66. The van der Waals surface area contributed by atoms with Gasteiger partial charge in [0.25, 0.3) is 11.7 Å². The van der Waals surface area contributed by atoms with Gasteiger partial charge in [-0.05, 0) is 53.9 Å². The molecular weight excluding hydrogens is 416 g/mol. The summed E-state index contributed by atoms with van der Waals surface area (Å²) >= 11 is 6.12. The number of anilines is 1. The summed E-state index contributed by atoms with van der Waals surface area (Å²) in [4.78, 5) is 31.4. The van der Waals surface area contributed by atoms with E-state index in [-0.39, 0.29) is 22.1 Å². The summed E-state index contributed by atoms with van der Waals surface area (Å²) in [5.74, 6) is -1.98. The van der Waals surface area contributed by atoms with Gasteiger partial charge in [-0.15, -0.1) is 0 Å². The number of aryl methyl sites for hydroxylation is 1. The molecule has 0 radical (unpaired) electrons. The number of Topliss-reactive ketones (excluding diaryl/α,β-unsaturated/α-hetero) is 1. The van der Waals surface area contributed by atoms with E-state index in [1.54, 1.807) is 30.3 Å². The summed E-state index contributed by atoms with van der Waals surface area (Å²) in [5.41, 5.74) is 2.39. The minimum atomic E-state index is -0.918. The van der Waals surface area contributed by atoms with E-state index in [0.29, 0.717) is 16.8 Å². The first-order valence-electron chi connectivity index (χ1n) is 9.71. The van der Waals surface area contributed by atoms with Crippen LogP contribution >= 0.6 is 11.6 Å². The molecule has 0 saturated carbocycles. The number of rotatable bonds is 4. The van der Waals surface area contributed by atoms with E-state index in [1.807, 2.05) is 19.1 Å². The Bertz CT molecular complexity index is 1190. The van der Waals surface area contributed by atoms with Crippen molar-refractivity contribution in [2.75, 3.05) is 4.90 Å². The molecule has 31 heavy (non-hydrogen) atoms. The zero-order chi connectivity index (χ0) is 22.1. The lowest BCUT2D eigenvalue weighted by Crippen LogP contribution is -2.29. The Balaban J connectivity index is 1.94. The fourth-order valence-electron chi connectivity index (χ4n) is 3.67. The standard InChI is InChI=1S/C24H19ClN2O4/c1-2-14-3-6-17(7-4-14)27-21(16-5-8-19(28)18(25)13-16)20(23(30)24(27)31)22(29)15-9-11-26-12-10-15/h3-13,21,28-29H,2H2,1H3/b22-20-. The van der Waals surface area contributed by atoms with Crippen LogP contribution in [0.2, 0.25) is 5.02 Å². The number of phenols is 1. The van der Waals surface area contributed by atoms with Crippen LogP contribution in [0, 0.1) is 0 Å². The number of carbonyl (C=O) groups excluding carboxylic acids is 2. The lowest BCUT2D eigenvalue weighted by Gasteiger charge is -2.26. The number of aliphatic hydroxyl groups is 1. The van der Waals surface area contributed by atoms with Gasteiger partial charge in [-0.25, -0.2) is 0 Å². The first-order valence-corrected chi connectivity index (χ1v) is 10.1. The van der Waals surface area contributed by atoms with Crippen molar-refractivity contribution < 1.29 is 19.8 Å². The molecule has 1 saturated heterocycles. The molecule has 6 nitrogen and oxygen atoms in total. The maximum absolute atomic E-state index is 13.1. The van der Waals surface area contributed by atoms with Crippen LogP contribution in [0.3, 0.4) is 0 Å². The number of halogens is 1. The second-order valence-corrected chi connectivity index (χ2v) is 7.54. The van der Waals surface area contributed by atoms with Crippen molar-refractivity contribution in [3.05, 3.63) is 94.3 Å². The Morgan fingerprint density at radius 1 is 1.06 bits per heavy atom. The second-order valence-electron chi connectivity index (χ2n) is 7.14. The number of phenolic OH excluding ortho intramolecular Hbond substituents is 1. The smallest absolute Gasteiger partial charge is 0.300 e. The van der Waals surface area contributed by atoms with Gasteiger partial charge in [0.15, 0.2) is 0 Å². The van der Waals surface area contributed by atoms with Gasteiger partial charge in [0, 0.05) is 23.6 Å². The number of ketones is 1. The highest BCUT2D eigenvalue weighted by atomic mass is 35.5. The van der Waals surface area contributed by atoms with Crippen molar-refractivity contribution >= 4 is 34.7 Å². The number of nitrogens with zero attached hydrogens (tertiary/aromatic N) is 2. The van der Waals surface area contributed by atoms with Crippen LogP contribution in [0.4, 0.5) is 5.69 Å². The second kappa shape index (κ2) is 8.24. The van der Waals surface area contributed by atoms with Gasteiger partial charge < -0.3 is 10.2 Å². The summed E-state index contributed by atoms with van der Waals surface area (Å²) in [7, 11) is 0. The van der Waals surface area contributed by atoms with Gasteiger partial charge in [0.1, 0.15) is 11.5 Å². The molecule has 1 fully saturated rings. The third-order valence-electron chi connectivity index (χ3n) is 5.31. The van der Waals surface area contributed by atoms with Gasteiger partial charge in [0.2, 0.25) is 0 Å². The highest BCUT2D eigenvalue weighted by Crippen LogP contribution is 2.43. The number of aromatic nitrogens is 1. The molecule has 1 aromatic heterocycles. The summed E-state index contributed by atoms with van der Waals surface area (Å²) in [5, 5.41) is 20.9. The monoisotopic (exact) mass is 434 g/mol. The molecule has 3 aromatic rings. The number of amides is 1. The highest BCUT2D eigenvalue weighted by Gasteiger charge is 2.47. The van der Waals surface area contributed by atoms with Gasteiger partial charge in [-0.3, -0.25) is 19.5 Å². The molecule has 0 bridgehead atoms. The molecule has 1 aliphatic heterocycles. The SMILES string of the molecule is CCc1ccc(N2C(=O)C(=O)/C(=C(\O)c3ccncc3)C2c2ccc(O)c(Cl)c2)cc1. The Kier molecular flexibility index (Phi) is 5.48. The first kappa shape index (κ1) is 20.6. The molecule has 7 heteroatoms. The van der Waals surface area contributed by atoms with E-state index in [4.69, 9.17) is 11.6 Å². The van der Waals surface area contributed by atoms with Crippen molar-refractivity contribution in [1.82, 2.24) is 4.98 Å². The quantitative estimate of drug-likeness (QED) is 0.355. The molecule has 2 heterocycles. The lowest BCUT2D eigenvalue weighted by molar-refractivity contribution is -0.132. The predicted molar refractivity (Wildman–Crippen MR) is 118 cm³/mol. The van der Waals surface area contributed by atoms with Gasteiger partial charge in [0.05, 0.1) is 16.6 Å². The molecule has 0 spiro atoms. The highest BCUT2D eigenvalue weighted by molar-refractivity contribution is 6.51. The number of pyridine rings is 1. The number of carbonyl (C=O) groups is 2. The normalized spacial score (nSPS) is 17.9. The van der Waals surface area contributed by atoms with E-state index in [1.165, 1.54) is 29.4 Å². The molecule has 4 rings (SSSR count). The number of benzene rings is 2. The van der Waals surface area contributed by atoms with Gasteiger partial charge in [-0.2, -0.15) is 0 Å². The van der Waals surface area contributed by atoms with Crippen molar-refractivity contribution in [1.29, 1.82) is 0 Å². The average Bonchev–Trinajstić information content (AvgIpc) is 3.06. The maximum Gasteiger partial charge on any atom is 0.300 e. The Morgan fingerprint density at radius 2 is 1.74 bits per heavy atom. The zero-order valence-electron chi connectivity index (χ0n) is 16.6. The average molecular weight is 435 g/mol. The molecular formula is C24H19ClN2O4. The number of hydrogen-bond donors (Lipinski definition) is 2. The van der Waals surface area contributed by atoms with E-state index >= 15 is 0 Å². The molecule has 2 N–H and O–H groups in total. The summed E-state index contributed by atoms with van der Waals surface area (Å²) < 4.78 is 0. The van der Waals surface area contributed by atoms with Crippen molar-refractivity contribution in [3.63, 3.8) is 0 Å². The van der Waals surface area contributed by atoms with Crippen molar-refractivity contribution in [2.45, 2.75) is 19.4 Å². The minimum absolute atomic E-state index is 0.0578. The molecule has 0 aliphatic carbocycles. The minimum Gasteiger partial charge on any atom is -0.507 e. The van der Waals surface area contributed by atoms with E-state index in [0.717, 1.165) is 12.0 Å². The van der Waals surface area contributed by atoms with Crippen LogP contribution in [0.5, 0.6) is 5.75 Å². The van der Waals surface area contributed by atoms with Crippen LogP contribution in [-0.2, 0) is 16.0 Å². The van der Waals surface area contributed by atoms with Crippen molar-refractivity contribution in [2.24, 2.45) is 0 Å². The Labute approximate surface area is 184 Å². The van der Waals surface area contributed by atoms with Crippen molar-refractivity contribution in [3.8, 4) is 5.75 Å². The number of hydrogen-bond acceptors (Lipinski definition) is 5. The fraction of sp³-hybridized carbons (Fsp3) is 0.125. The molecule has 1 unspecified atom stereocenters. The molecule has 1 atom stereocenters. The molecule has 1 aliphatic rings. The lowest BCUT2D eigenvalue weighted by atomic mass is 9.95. The summed E-state index contributed by atoms with van der Waals surface area (Å²) in [6.45, 7) is 2.02. The van der Waals surface area contributed by atoms with Crippen LogP contribution in [-0.4, -0.2) is 26.9 Å². The fourth-order valence-corrected chi connectivity index (χ4v) is 3.85. The van der Waals surface area contributed by atoms with Crippen LogP contribution in [0.25, 0.3) is 5.76 Å². The van der Waals surface area contributed by atoms with Gasteiger partial charge in [-0.1, -0.05) is 36.7 Å².